The van der Waals surface area contributed by atoms with Crippen molar-refractivity contribution in [2.75, 3.05) is 39.5 Å². The Morgan fingerprint density at radius 3 is 2.59 bits per heavy atom. The predicted molar refractivity (Wildman–Crippen MR) is 125 cm³/mol. The summed E-state index contributed by atoms with van der Waals surface area (Å²) >= 11 is 5.75. The van der Waals surface area contributed by atoms with Crippen LogP contribution in [-0.2, 0) is 27.3 Å². The van der Waals surface area contributed by atoms with Crippen LogP contribution >= 0.6 is 11.6 Å². The Morgan fingerprint density at radius 2 is 1.91 bits per heavy atom. The highest BCUT2D eigenvalue weighted by atomic mass is 35.5. The third kappa shape index (κ3) is 6.49. The van der Waals surface area contributed by atoms with E-state index < -0.39 is 29.7 Å². The van der Waals surface area contributed by atoms with Gasteiger partial charge in [-0.25, -0.2) is 9.97 Å². The first-order chi connectivity index (χ1) is 16.1. The SMILES string of the molecule is CN1CCc2nc(C(=O)NC(CNC(=O)C(=O)Nc3ccc(Cl)cn3)C(=O)N(C)C)ccc2C1. The minimum atomic E-state index is -1.10. The Bertz CT molecular complexity index is 1090. The van der Waals surface area contributed by atoms with Crippen LogP contribution < -0.4 is 16.0 Å². The van der Waals surface area contributed by atoms with Gasteiger partial charge >= 0.3 is 11.8 Å². The second-order valence-corrected chi connectivity index (χ2v) is 8.51. The van der Waals surface area contributed by atoms with E-state index in [1.54, 1.807) is 6.07 Å². The van der Waals surface area contributed by atoms with Gasteiger partial charge in [-0.2, -0.15) is 0 Å². The average molecular weight is 488 g/mol. The molecule has 1 aliphatic rings. The molecule has 12 heteroatoms. The summed E-state index contributed by atoms with van der Waals surface area (Å²) in [5, 5.41) is 7.68. The van der Waals surface area contributed by atoms with Crippen molar-refractivity contribution in [2.24, 2.45) is 0 Å². The lowest BCUT2D eigenvalue weighted by Crippen LogP contribution is -2.53. The van der Waals surface area contributed by atoms with E-state index in [2.05, 4.69) is 30.8 Å². The van der Waals surface area contributed by atoms with E-state index in [-0.39, 0.29) is 18.1 Å². The monoisotopic (exact) mass is 487 g/mol. The van der Waals surface area contributed by atoms with Crippen molar-refractivity contribution in [3.8, 4) is 0 Å². The maximum Gasteiger partial charge on any atom is 0.314 e. The zero-order valence-electron chi connectivity index (χ0n) is 19.1. The van der Waals surface area contributed by atoms with Gasteiger partial charge in [0.25, 0.3) is 5.91 Å². The standard InChI is InChI=1S/C22H26ClN7O4/c1-29(2)22(34)17(11-25-20(32)21(33)28-18-7-5-14(23)10-24-18)27-19(31)16-6-4-13-12-30(3)9-8-15(13)26-16/h4-7,10,17H,8-9,11-12H2,1-3H3,(H,25,32)(H,27,31)(H,24,28,33). The van der Waals surface area contributed by atoms with Crippen molar-refractivity contribution in [2.45, 2.75) is 19.0 Å². The second kappa shape index (κ2) is 11.0. The number of hydrogen-bond acceptors (Lipinski definition) is 7. The third-order valence-electron chi connectivity index (χ3n) is 5.16. The Kier molecular flexibility index (Phi) is 8.13. The van der Waals surface area contributed by atoms with Crippen molar-refractivity contribution in [1.82, 2.24) is 30.4 Å². The summed E-state index contributed by atoms with van der Waals surface area (Å²) in [6.45, 7) is 1.30. The number of anilines is 1. The van der Waals surface area contributed by atoms with Gasteiger partial charge in [-0.15, -0.1) is 0 Å². The number of halogens is 1. The van der Waals surface area contributed by atoms with Crippen LogP contribution in [0.4, 0.5) is 5.82 Å². The molecule has 3 N–H and O–H groups in total. The van der Waals surface area contributed by atoms with Gasteiger partial charge in [0.2, 0.25) is 5.91 Å². The number of hydrogen-bond donors (Lipinski definition) is 3. The van der Waals surface area contributed by atoms with Gasteiger partial charge in [0.1, 0.15) is 17.6 Å². The van der Waals surface area contributed by atoms with Crippen LogP contribution in [0, 0.1) is 0 Å². The maximum absolute atomic E-state index is 12.8. The summed E-state index contributed by atoms with van der Waals surface area (Å²) in [5.41, 5.74) is 2.08. The molecule has 2 aromatic rings. The number of amides is 4. The third-order valence-corrected chi connectivity index (χ3v) is 5.38. The van der Waals surface area contributed by atoms with Crippen LogP contribution in [0.1, 0.15) is 21.7 Å². The fourth-order valence-corrected chi connectivity index (χ4v) is 3.44. The number of nitrogens with zero attached hydrogens (tertiary/aromatic N) is 4. The van der Waals surface area contributed by atoms with E-state index in [0.717, 1.165) is 30.8 Å². The van der Waals surface area contributed by atoms with Crippen LogP contribution in [-0.4, -0.2) is 83.7 Å². The Balaban J connectivity index is 1.63. The molecule has 0 bridgehead atoms. The number of pyridine rings is 2. The van der Waals surface area contributed by atoms with Crippen LogP contribution in [0.15, 0.2) is 30.5 Å². The zero-order valence-corrected chi connectivity index (χ0v) is 19.8. The van der Waals surface area contributed by atoms with E-state index in [9.17, 15) is 19.2 Å². The van der Waals surface area contributed by atoms with E-state index in [1.807, 2.05) is 13.1 Å². The van der Waals surface area contributed by atoms with E-state index in [1.165, 1.54) is 37.3 Å². The number of nitrogens with one attached hydrogen (secondary N) is 3. The molecule has 1 unspecified atom stereocenters. The Morgan fingerprint density at radius 1 is 1.15 bits per heavy atom. The van der Waals surface area contributed by atoms with Crippen molar-refractivity contribution in [3.05, 3.63) is 52.4 Å². The van der Waals surface area contributed by atoms with Gasteiger partial charge in [-0.1, -0.05) is 17.7 Å². The molecule has 4 amide bonds. The minimum absolute atomic E-state index is 0.142. The molecule has 0 spiro atoms. The average Bonchev–Trinajstić information content (AvgIpc) is 2.81. The number of likely N-dealkylation sites (N-methyl/N-ethyl adjacent to an activating group) is 2. The first-order valence-electron chi connectivity index (χ1n) is 10.5. The number of fused-ring (bicyclic) bond motifs is 1. The number of rotatable bonds is 6. The molecule has 3 heterocycles. The predicted octanol–water partition coefficient (Wildman–Crippen LogP) is 0.0594. The highest BCUT2D eigenvalue weighted by Gasteiger charge is 2.26. The zero-order chi connectivity index (χ0) is 24.8. The number of carbonyl (C=O) groups excluding carboxylic acids is 4. The largest absolute Gasteiger partial charge is 0.347 e. The van der Waals surface area contributed by atoms with Crippen LogP contribution in [0.2, 0.25) is 5.02 Å². The smallest absolute Gasteiger partial charge is 0.314 e. The van der Waals surface area contributed by atoms with E-state index >= 15 is 0 Å². The fraction of sp³-hybridized carbons (Fsp3) is 0.364. The maximum atomic E-state index is 12.8. The van der Waals surface area contributed by atoms with Gasteiger partial charge in [0, 0.05) is 52.0 Å². The van der Waals surface area contributed by atoms with E-state index in [0.29, 0.717) is 5.02 Å². The van der Waals surface area contributed by atoms with Gasteiger partial charge < -0.3 is 25.8 Å². The lowest BCUT2D eigenvalue weighted by molar-refractivity contribution is -0.136. The molecular weight excluding hydrogens is 462 g/mol. The van der Waals surface area contributed by atoms with Crippen LogP contribution in [0.25, 0.3) is 0 Å². The first-order valence-corrected chi connectivity index (χ1v) is 10.9. The summed E-state index contributed by atoms with van der Waals surface area (Å²) < 4.78 is 0. The van der Waals surface area contributed by atoms with Crippen molar-refractivity contribution in [3.63, 3.8) is 0 Å². The molecule has 0 radical (unpaired) electrons. The summed E-state index contributed by atoms with van der Waals surface area (Å²) in [7, 11) is 5.06. The lowest BCUT2D eigenvalue weighted by atomic mass is 10.1. The molecule has 3 rings (SSSR count). The van der Waals surface area contributed by atoms with Gasteiger partial charge in [0.15, 0.2) is 0 Å². The summed E-state index contributed by atoms with van der Waals surface area (Å²) in [5.74, 6) is -2.82. The summed E-state index contributed by atoms with van der Waals surface area (Å²) in [6, 6.07) is 5.31. The molecule has 0 saturated heterocycles. The number of carbonyl (C=O) groups is 4. The molecule has 2 aromatic heterocycles. The lowest BCUT2D eigenvalue weighted by Gasteiger charge is -2.25. The van der Waals surface area contributed by atoms with Gasteiger partial charge in [-0.05, 0) is 30.8 Å². The van der Waals surface area contributed by atoms with Gasteiger partial charge in [-0.3, -0.25) is 19.2 Å². The molecule has 0 saturated carbocycles. The van der Waals surface area contributed by atoms with Crippen LogP contribution in [0.5, 0.6) is 0 Å². The Labute approximate surface area is 201 Å². The summed E-state index contributed by atoms with van der Waals surface area (Å²) in [6.07, 6.45) is 2.05. The minimum Gasteiger partial charge on any atom is -0.347 e. The first kappa shape index (κ1) is 25.1. The Hall–Kier alpha value is -3.57. The molecule has 11 nitrogen and oxygen atoms in total. The normalized spacial score (nSPS) is 13.9. The molecule has 1 aliphatic heterocycles. The fourth-order valence-electron chi connectivity index (χ4n) is 3.33. The van der Waals surface area contributed by atoms with Crippen molar-refractivity contribution < 1.29 is 19.2 Å². The molecule has 1 atom stereocenters. The van der Waals surface area contributed by atoms with E-state index in [4.69, 9.17) is 11.6 Å². The molecular formula is C22H26ClN7O4. The second-order valence-electron chi connectivity index (χ2n) is 8.07. The molecule has 0 aromatic carbocycles. The van der Waals surface area contributed by atoms with Gasteiger partial charge in [0.05, 0.1) is 5.02 Å². The van der Waals surface area contributed by atoms with Crippen molar-refractivity contribution in [1.29, 1.82) is 0 Å². The molecule has 0 fully saturated rings. The number of aromatic nitrogens is 2. The van der Waals surface area contributed by atoms with Crippen molar-refractivity contribution >= 4 is 41.0 Å². The summed E-state index contributed by atoms with van der Waals surface area (Å²) in [4.78, 5) is 61.5. The molecule has 180 valence electrons. The quantitative estimate of drug-likeness (QED) is 0.490. The molecule has 0 aliphatic carbocycles. The topological polar surface area (TPSA) is 137 Å². The van der Waals surface area contributed by atoms with Crippen LogP contribution in [0.3, 0.4) is 0 Å². The highest BCUT2D eigenvalue weighted by molar-refractivity contribution is 6.39. The molecule has 34 heavy (non-hydrogen) atoms. The highest BCUT2D eigenvalue weighted by Crippen LogP contribution is 2.16.